The van der Waals surface area contributed by atoms with Crippen molar-refractivity contribution in [2.45, 2.75) is 19.6 Å². The summed E-state index contributed by atoms with van der Waals surface area (Å²) >= 11 is 0. The van der Waals surface area contributed by atoms with Gasteiger partial charge in [-0.25, -0.2) is 0 Å². The normalized spacial score (nSPS) is 13.3. The Morgan fingerprint density at radius 1 is 1.82 bits per heavy atom. The monoisotopic (exact) mass is 155 g/mol. The van der Waals surface area contributed by atoms with Crippen LogP contribution in [0.1, 0.15) is 12.6 Å². The summed E-state index contributed by atoms with van der Waals surface area (Å²) in [5, 5.41) is 18.6. The zero-order valence-electron chi connectivity index (χ0n) is 6.54. The highest BCUT2D eigenvalue weighted by atomic mass is 16.3. The number of rotatable bonds is 4. The summed E-state index contributed by atoms with van der Waals surface area (Å²) in [6.45, 7) is 3.09. The summed E-state index contributed by atoms with van der Waals surface area (Å²) in [4.78, 5) is 0. The second kappa shape index (κ2) is 4.10. The number of aromatic nitrogens is 2. The van der Waals surface area contributed by atoms with E-state index in [2.05, 4.69) is 15.5 Å². The number of aromatic amines is 1. The maximum atomic E-state index is 8.89. The summed E-state index contributed by atoms with van der Waals surface area (Å²) in [7, 11) is 0. The highest BCUT2D eigenvalue weighted by Gasteiger charge is 1.95. The predicted molar refractivity (Wildman–Crippen MR) is 42.0 cm³/mol. The second-order valence-electron chi connectivity index (χ2n) is 2.56. The molecule has 0 aliphatic heterocycles. The molecule has 0 saturated carbocycles. The Labute approximate surface area is 65.6 Å². The van der Waals surface area contributed by atoms with E-state index < -0.39 is 0 Å². The van der Waals surface area contributed by atoms with Crippen LogP contribution in [0.3, 0.4) is 0 Å². The van der Waals surface area contributed by atoms with Crippen LogP contribution < -0.4 is 5.32 Å². The fraction of sp³-hybridized carbons (Fsp3) is 0.571. The predicted octanol–water partition coefficient (Wildman–Crippen LogP) is -0.120. The SMILES string of the molecule is C[C@@H](O)CNCc1ccn[nH]1. The van der Waals surface area contributed by atoms with Gasteiger partial charge in [0.2, 0.25) is 0 Å². The van der Waals surface area contributed by atoms with E-state index in [4.69, 9.17) is 5.11 Å². The van der Waals surface area contributed by atoms with Gasteiger partial charge in [-0.1, -0.05) is 0 Å². The minimum Gasteiger partial charge on any atom is -0.392 e. The average molecular weight is 155 g/mol. The van der Waals surface area contributed by atoms with Gasteiger partial charge in [0.15, 0.2) is 0 Å². The van der Waals surface area contributed by atoms with Gasteiger partial charge in [-0.05, 0) is 13.0 Å². The first-order valence-electron chi connectivity index (χ1n) is 3.66. The molecule has 0 saturated heterocycles. The van der Waals surface area contributed by atoms with E-state index in [1.54, 1.807) is 13.1 Å². The van der Waals surface area contributed by atoms with Crippen molar-refractivity contribution in [3.63, 3.8) is 0 Å². The molecular formula is C7H13N3O. The third-order valence-electron chi connectivity index (χ3n) is 1.31. The van der Waals surface area contributed by atoms with Crippen LogP contribution in [0.5, 0.6) is 0 Å². The number of aliphatic hydroxyl groups excluding tert-OH is 1. The summed E-state index contributed by atoms with van der Waals surface area (Å²) in [6.07, 6.45) is 1.41. The molecule has 3 N–H and O–H groups in total. The molecule has 0 bridgehead atoms. The lowest BCUT2D eigenvalue weighted by atomic mass is 10.4. The Morgan fingerprint density at radius 2 is 2.64 bits per heavy atom. The largest absolute Gasteiger partial charge is 0.392 e. The Balaban J connectivity index is 2.14. The zero-order valence-corrected chi connectivity index (χ0v) is 6.54. The molecule has 1 rings (SSSR count). The van der Waals surface area contributed by atoms with Gasteiger partial charge in [-0.15, -0.1) is 0 Å². The van der Waals surface area contributed by atoms with Gasteiger partial charge in [0.25, 0.3) is 0 Å². The van der Waals surface area contributed by atoms with Gasteiger partial charge in [-0.3, -0.25) is 5.10 Å². The third-order valence-corrected chi connectivity index (χ3v) is 1.31. The van der Waals surface area contributed by atoms with Crippen molar-refractivity contribution >= 4 is 0 Å². The average Bonchev–Trinajstić information content (AvgIpc) is 2.39. The molecule has 0 amide bonds. The van der Waals surface area contributed by atoms with E-state index in [0.29, 0.717) is 6.54 Å². The first-order valence-corrected chi connectivity index (χ1v) is 3.66. The summed E-state index contributed by atoms with van der Waals surface area (Å²) in [5.74, 6) is 0. The molecule has 1 aromatic rings. The van der Waals surface area contributed by atoms with Gasteiger partial charge in [0.1, 0.15) is 0 Å². The van der Waals surface area contributed by atoms with Crippen LogP contribution in [-0.2, 0) is 6.54 Å². The molecule has 0 unspecified atom stereocenters. The van der Waals surface area contributed by atoms with Crippen molar-refractivity contribution in [1.29, 1.82) is 0 Å². The number of nitrogens with zero attached hydrogens (tertiary/aromatic N) is 1. The van der Waals surface area contributed by atoms with Crippen LogP contribution in [0.25, 0.3) is 0 Å². The lowest BCUT2D eigenvalue weighted by molar-refractivity contribution is 0.191. The highest BCUT2D eigenvalue weighted by molar-refractivity contribution is 4.96. The highest BCUT2D eigenvalue weighted by Crippen LogP contribution is 1.89. The minimum atomic E-state index is -0.294. The summed E-state index contributed by atoms with van der Waals surface area (Å²) < 4.78 is 0. The standard InChI is InChI=1S/C7H13N3O/c1-6(11)4-8-5-7-2-3-9-10-7/h2-3,6,8,11H,4-5H2,1H3,(H,9,10)/t6-/m1/s1. The maximum Gasteiger partial charge on any atom is 0.0636 e. The van der Waals surface area contributed by atoms with Crippen LogP contribution in [0, 0.1) is 0 Å². The first kappa shape index (κ1) is 8.23. The van der Waals surface area contributed by atoms with E-state index in [1.807, 2.05) is 6.07 Å². The molecule has 11 heavy (non-hydrogen) atoms. The molecule has 1 atom stereocenters. The topological polar surface area (TPSA) is 60.9 Å². The van der Waals surface area contributed by atoms with Crippen molar-refractivity contribution < 1.29 is 5.11 Å². The van der Waals surface area contributed by atoms with E-state index in [-0.39, 0.29) is 6.10 Å². The van der Waals surface area contributed by atoms with E-state index in [9.17, 15) is 0 Å². The Morgan fingerprint density at radius 3 is 3.18 bits per heavy atom. The molecule has 0 fully saturated rings. The molecule has 0 radical (unpaired) electrons. The quantitative estimate of drug-likeness (QED) is 0.568. The van der Waals surface area contributed by atoms with Gasteiger partial charge < -0.3 is 10.4 Å². The lowest BCUT2D eigenvalue weighted by Crippen LogP contribution is -2.23. The van der Waals surface area contributed by atoms with Crippen LogP contribution in [0.4, 0.5) is 0 Å². The lowest BCUT2D eigenvalue weighted by Gasteiger charge is -2.04. The van der Waals surface area contributed by atoms with E-state index in [0.717, 1.165) is 12.2 Å². The molecule has 4 heteroatoms. The van der Waals surface area contributed by atoms with Crippen LogP contribution in [-0.4, -0.2) is 28.0 Å². The fourth-order valence-corrected chi connectivity index (χ4v) is 0.799. The zero-order chi connectivity index (χ0) is 8.10. The van der Waals surface area contributed by atoms with Crippen molar-refractivity contribution in [2.24, 2.45) is 0 Å². The second-order valence-corrected chi connectivity index (χ2v) is 2.56. The minimum absolute atomic E-state index is 0.294. The molecule has 0 aromatic carbocycles. The van der Waals surface area contributed by atoms with E-state index in [1.165, 1.54) is 0 Å². The van der Waals surface area contributed by atoms with Crippen LogP contribution in [0.2, 0.25) is 0 Å². The van der Waals surface area contributed by atoms with Gasteiger partial charge in [0.05, 0.1) is 6.10 Å². The van der Waals surface area contributed by atoms with E-state index >= 15 is 0 Å². The molecule has 0 spiro atoms. The Hall–Kier alpha value is -0.870. The van der Waals surface area contributed by atoms with Crippen molar-refractivity contribution in [2.75, 3.05) is 6.54 Å². The van der Waals surface area contributed by atoms with Gasteiger partial charge >= 0.3 is 0 Å². The van der Waals surface area contributed by atoms with Crippen molar-refractivity contribution in [1.82, 2.24) is 15.5 Å². The number of hydrogen-bond donors (Lipinski definition) is 3. The van der Waals surface area contributed by atoms with Gasteiger partial charge in [0, 0.05) is 25.0 Å². The molecule has 1 aromatic heterocycles. The Kier molecular flexibility index (Phi) is 3.07. The smallest absolute Gasteiger partial charge is 0.0636 e. The van der Waals surface area contributed by atoms with Crippen molar-refractivity contribution in [3.8, 4) is 0 Å². The maximum absolute atomic E-state index is 8.89. The molecule has 62 valence electrons. The molecule has 0 aliphatic carbocycles. The fourth-order valence-electron chi connectivity index (χ4n) is 0.799. The number of H-pyrrole nitrogens is 1. The van der Waals surface area contributed by atoms with Gasteiger partial charge in [-0.2, -0.15) is 5.10 Å². The third kappa shape index (κ3) is 3.15. The summed E-state index contributed by atoms with van der Waals surface area (Å²) in [6, 6.07) is 1.90. The molecule has 1 heterocycles. The molecule has 4 nitrogen and oxygen atoms in total. The number of hydrogen-bond acceptors (Lipinski definition) is 3. The van der Waals surface area contributed by atoms with Crippen molar-refractivity contribution in [3.05, 3.63) is 18.0 Å². The molecule has 0 aliphatic rings. The number of nitrogens with one attached hydrogen (secondary N) is 2. The molecular weight excluding hydrogens is 142 g/mol. The Bertz CT molecular complexity index is 184. The summed E-state index contributed by atoms with van der Waals surface area (Å²) in [5.41, 5.74) is 1.03. The first-order chi connectivity index (χ1) is 5.29. The van der Waals surface area contributed by atoms with Crippen LogP contribution >= 0.6 is 0 Å². The number of aliphatic hydroxyl groups is 1. The van der Waals surface area contributed by atoms with Crippen LogP contribution in [0.15, 0.2) is 12.3 Å².